The van der Waals surface area contributed by atoms with E-state index in [2.05, 4.69) is 0 Å². The van der Waals surface area contributed by atoms with Crippen LogP contribution in [-0.2, 0) is 0 Å². The van der Waals surface area contributed by atoms with Gasteiger partial charge in [-0.25, -0.2) is 4.79 Å². The fourth-order valence-corrected chi connectivity index (χ4v) is 0. The van der Waals surface area contributed by atoms with Gasteiger partial charge < -0.3 is 10.2 Å². The summed E-state index contributed by atoms with van der Waals surface area (Å²) in [5.74, 6) is 0. The molecule has 0 heterocycles. The lowest BCUT2D eigenvalue weighted by molar-refractivity contribution is 0.137. The molecule has 0 saturated carbocycles. The maximum atomic E-state index is 8.56. The quantitative estimate of drug-likeness (QED) is 0.496. The number of halogens is 3. The summed E-state index contributed by atoms with van der Waals surface area (Å²) in [7, 11) is 0. The van der Waals surface area contributed by atoms with Crippen molar-refractivity contribution in [3.8, 4) is 0 Å². The summed E-state index contributed by atoms with van der Waals surface area (Å²) in [5.41, 5.74) is 0. The molecule has 0 aliphatic heterocycles. The van der Waals surface area contributed by atoms with Gasteiger partial charge in [-0.1, -0.05) is 0 Å². The summed E-state index contributed by atoms with van der Waals surface area (Å²) in [6.07, 6.45) is -1.83. The Morgan fingerprint density at radius 1 is 1.00 bits per heavy atom. The molecule has 0 aliphatic carbocycles. The highest BCUT2D eigenvalue weighted by Gasteiger charge is 1.70. The molecule has 48 valence electrons. The minimum absolute atomic E-state index is 0. The van der Waals surface area contributed by atoms with Gasteiger partial charge in [0.25, 0.3) is 0 Å². The molecule has 7 heavy (non-hydrogen) atoms. The Morgan fingerprint density at radius 2 is 1.00 bits per heavy atom. The van der Waals surface area contributed by atoms with E-state index in [9.17, 15) is 0 Å². The Bertz CT molecular complexity index is 33.2. The second-order valence-electron chi connectivity index (χ2n) is 0.283. The molecule has 0 atom stereocenters. The monoisotopic (exact) mass is 122 g/mol. The predicted octanol–water partition coefficient (Wildman–Crippen LogP) is 0.680. The van der Waals surface area contributed by atoms with E-state index in [0.717, 1.165) is 0 Å². The first-order chi connectivity index (χ1) is 1.73. The molecule has 0 aromatic rings. The molecular weight excluding hydrogens is 117 g/mol. The zero-order chi connectivity index (χ0) is 3.58. The molecule has 0 unspecified atom stereocenters. The summed E-state index contributed by atoms with van der Waals surface area (Å²) in [5, 5.41) is 13.9. The molecule has 0 saturated heterocycles. The number of hydrogen-bond donors (Lipinski definition) is 2. The van der Waals surface area contributed by atoms with E-state index in [0.29, 0.717) is 0 Å². The zero-order valence-corrected chi connectivity index (χ0v) is 3.03. The second kappa shape index (κ2) is 19.7. The normalized spacial score (nSPS) is 3.43. The smallest absolute Gasteiger partial charge is 0.450 e. The first kappa shape index (κ1) is 36.6. The first-order valence-corrected chi connectivity index (χ1v) is 0.651. The van der Waals surface area contributed by atoms with Crippen LogP contribution in [0.15, 0.2) is 0 Å². The standard InChI is InChI=1S/CH2O3.3FH/c2-1(3)4;;;/h(H2,2,3,4);3*1H. The predicted molar refractivity (Wildman–Crippen MR) is 18.2 cm³/mol. The Hall–Kier alpha value is -0.940. The summed E-state index contributed by atoms with van der Waals surface area (Å²) in [6, 6.07) is 0. The summed E-state index contributed by atoms with van der Waals surface area (Å²) in [6.45, 7) is 0. The van der Waals surface area contributed by atoms with Gasteiger partial charge in [-0.05, 0) is 0 Å². The van der Waals surface area contributed by atoms with Crippen LogP contribution in [0.5, 0.6) is 0 Å². The Morgan fingerprint density at radius 3 is 1.00 bits per heavy atom. The van der Waals surface area contributed by atoms with E-state index >= 15 is 0 Å². The van der Waals surface area contributed by atoms with Crippen LogP contribution in [0.4, 0.5) is 18.9 Å². The zero-order valence-electron chi connectivity index (χ0n) is 3.03. The number of carbonyl (C=O) groups is 1. The van der Waals surface area contributed by atoms with Crippen molar-refractivity contribution >= 4 is 6.16 Å². The number of rotatable bonds is 0. The highest BCUT2D eigenvalue weighted by Crippen LogP contribution is 1.42. The molecule has 0 spiro atoms. The van der Waals surface area contributed by atoms with Crippen molar-refractivity contribution in [3.05, 3.63) is 0 Å². The van der Waals surface area contributed by atoms with Crippen molar-refractivity contribution in [2.45, 2.75) is 0 Å². The van der Waals surface area contributed by atoms with Gasteiger partial charge in [-0.3, -0.25) is 14.1 Å². The van der Waals surface area contributed by atoms with Crippen LogP contribution in [-0.4, -0.2) is 16.4 Å². The molecule has 0 aromatic heterocycles. The SMILES string of the molecule is F.F.F.O=C(O)O. The van der Waals surface area contributed by atoms with E-state index in [-0.39, 0.29) is 14.1 Å². The van der Waals surface area contributed by atoms with Gasteiger partial charge in [-0.15, -0.1) is 0 Å². The number of carboxylic acid groups (broad SMARTS) is 2. The maximum absolute atomic E-state index is 8.56. The van der Waals surface area contributed by atoms with Gasteiger partial charge in [-0.2, -0.15) is 0 Å². The van der Waals surface area contributed by atoms with Crippen LogP contribution >= 0.6 is 0 Å². The summed E-state index contributed by atoms with van der Waals surface area (Å²) < 4.78 is 0. The van der Waals surface area contributed by atoms with E-state index in [1.165, 1.54) is 0 Å². The van der Waals surface area contributed by atoms with Gasteiger partial charge in [0.15, 0.2) is 0 Å². The maximum Gasteiger partial charge on any atom is 0.503 e. The van der Waals surface area contributed by atoms with E-state index < -0.39 is 6.16 Å². The molecule has 6 heteroatoms. The molecule has 3 nitrogen and oxygen atoms in total. The third-order valence-electron chi connectivity index (χ3n) is 0. The molecule has 0 amide bonds. The van der Waals surface area contributed by atoms with Crippen molar-refractivity contribution in [1.29, 1.82) is 0 Å². The third-order valence-corrected chi connectivity index (χ3v) is 0. The summed E-state index contributed by atoms with van der Waals surface area (Å²) in [4.78, 5) is 8.56. The molecule has 0 aromatic carbocycles. The fourth-order valence-electron chi connectivity index (χ4n) is 0. The minimum atomic E-state index is -1.83. The lowest BCUT2D eigenvalue weighted by atomic mass is 11.5. The van der Waals surface area contributed by atoms with Crippen molar-refractivity contribution in [3.63, 3.8) is 0 Å². The fraction of sp³-hybridized carbons (Fsp3) is 0. The van der Waals surface area contributed by atoms with Crippen molar-refractivity contribution in [2.24, 2.45) is 0 Å². The Balaban J connectivity index is -0.0000000150. The lowest BCUT2D eigenvalue weighted by Crippen LogP contribution is -1.81. The lowest BCUT2D eigenvalue weighted by Gasteiger charge is -1.60. The van der Waals surface area contributed by atoms with E-state index in [4.69, 9.17) is 15.0 Å². The molecule has 2 N–H and O–H groups in total. The Kier molecular flexibility index (Phi) is 103. The molecular formula is CH5F3O3. The highest BCUT2D eigenvalue weighted by atomic mass is 19.0. The second-order valence-corrected chi connectivity index (χ2v) is 0.283. The Labute approximate surface area is 36.7 Å². The minimum Gasteiger partial charge on any atom is -0.450 e. The van der Waals surface area contributed by atoms with Gasteiger partial charge in [0.05, 0.1) is 0 Å². The van der Waals surface area contributed by atoms with Crippen molar-refractivity contribution in [2.75, 3.05) is 0 Å². The van der Waals surface area contributed by atoms with Crippen molar-refractivity contribution in [1.82, 2.24) is 0 Å². The van der Waals surface area contributed by atoms with Crippen LogP contribution in [0.2, 0.25) is 0 Å². The third kappa shape index (κ3) is 53.6. The van der Waals surface area contributed by atoms with Crippen LogP contribution in [0.1, 0.15) is 0 Å². The van der Waals surface area contributed by atoms with E-state index in [1.807, 2.05) is 0 Å². The van der Waals surface area contributed by atoms with Crippen LogP contribution in [0.3, 0.4) is 0 Å². The van der Waals surface area contributed by atoms with Gasteiger partial charge in [0, 0.05) is 0 Å². The van der Waals surface area contributed by atoms with Crippen LogP contribution in [0, 0.1) is 0 Å². The largest absolute Gasteiger partial charge is 0.503 e. The summed E-state index contributed by atoms with van der Waals surface area (Å²) >= 11 is 0. The van der Waals surface area contributed by atoms with Crippen LogP contribution in [0.25, 0.3) is 0 Å². The first-order valence-electron chi connectivity index (χ1n) is 0.651. The highest BCUT2D eigenvalue weighted by molar-refractivity contribution is 5.53. The van der Waals surface area contributed by atoms with Crippen molar-refractivity contribution < 1.29 is 29.1 Å². The average Bonchev–Trinajstić information content (AvgIpc) is 0.811. The molecule has 0 bridgehead atoms. The van der Waals surface area contributed by atoms with Crippen LogP contribution < -0.4 is 0 Å². The average molecular weight is 122 g/mol. The number of hydrogen-bond acceptors (Lipinski definition) is 1. The van der Waals surface area contributed by atoms with Gasteiger partial charge in [0.2, 0.25) is 0 Å². The van der Waals surface area contributed by atoms with Gasteiger partial charge in [0.1, 0.15) is 0 Å². The van der Waals surface area contributed by atoms with Gasteiger partial charge >= 0.3 is 6.16 Å². The topological polar surface area (TPSA) is 57.5 Å². The molecule has 0 fully saturated rings. The molecule has 0 rings (SSSR count). The van der Waals surface area contributed by atoms with E-state index in [1.54, 1.807) is 0 Å². The molecule has 0 aliphatic rings. The molecule has 0 radical (unpaired) electrons.